The van der Waals surface area contributed by atoms with Crippen molar-refractivity contribution in [2.45, 2.75) is 26.0 Å². The van der Waals surface area contributed by atoms with Gasteiger partial charge in [-0.15, -0.1) is 11.8 Å². The molecule has 0 spiro atoms. The van der Waals surface area contributed by atoms with E-state index < -0.39 is 5.97 Å². The summed E-state index contributed by atoms with van der Waals surface area (Å²) in [5.41, 5.74) is 3.99. The van der Waals surface area contributed by atoms with E-state index in [0.717, 1.165) is 33.9 Å². The van der Waals surface area contributed by atoms with Gasteiger partial charge in [-0.3, -0.25) is 4.79 Å². The zero-order valence-corrected chi connectivity index (χ0v) is 16.8. The summed E-state index contributed by atoms with van der Waals surface area (Å²) in [6.07, 6.45) is 0.652. The minimum atomic E-state index is -0.798. The topological polar surface area (TPSA) is 72.6 Å². The second kappa shape index (κ2) is 9.46. The Bertz CT molecular complexity index is 937. The van der Waals surface area contributed by atoms with Crippen molar-refractivity contribution < 1.29 is 19.1 Å². The van der Waals surface area contributed by atoms with Gasteiger partial charge in [0.1, 0.15) is 11.5 Å². The lowest BCUT2D eigenvalue weighted by Gasteiger charge is -2.12. The van der Waals surface area contributed by atoms with Crippen LogP contribution in [0.1, 0.15) is 22.6 Å². The van der Waals surface area contributed by atoms with Crippen LogP contribution in [0.2, 0.25) is 0 Å². The van der Waals surface area contributed by atoms with Gasteiger partial charge in [-0.1, -0.05) is 30.3 Å². The van der Waals surface area contributed by atoms with E-state index in [9.17, 15) is 4.79 Å². The van der Waals surface area contributed by atoms with Gasteiger partial charge in [-0.2, -0.15) is 0 Å². The highest BCUT2D eigenvalue weighted by atomic mass is 32.2. The van der Waals surface area contributed by atoms with Crippen molar-refractivity contribution >= 4 is 17.7 Å². The molecule has 0 saturated carbocycles. The van der Waals surface area contributed by atoms with E-state index in [1.165, 1.54) is 11.8 Å². The Balaban J connectivity index is 1.59. The van der Waals surface area contributed by atoms with Gasteiger partial charge in [-0.25, -0.2) is 4.98 Å². The first-order valence-corrected chi connectivity index (χ1v) is 10.2. The molecule has 0 saturated heterocycles. The van der Waals surface area contributed by atoms with Crippen LogP contribution in [0.4, 0.5) is 0 Å². The van der Waals surface area contributed by atoms with Gasteiger partial charge >= 0.3 is 5.97 Å². The first-order valence-electron chi connectivity index (χ1n) is 9.07. The number of hydrogen-bond donors (Lipinski definition) is 1. The molecule has 1 N–H and O–H groups in total. The number of hydrogen-bond acceptors (Lipinski definition) is 5. The molecular weight excluding hydrogens is 374 g/mol. The Morgan fingerprint density at radius 1 is 1.14 bits per heavy atom. The molecule has 3 rings (SSSR count). The molecule has 0 aliphatic carbocycles. The van der Waals surface area contributed by atoms with Crippen LogP contribution >= 0.6 is 11.8 Å². The number of oxazole rings is 1. The third-order valence-corrected chi connectivity index (χ3v) is 5.36. The molecule has 0 unspecified atom stereocenters. The van der Waals surface area contributed by atoms with Gasteiger partial charge in [0.25, 0.3) is 0 Å². The van der Waals surface area contributed by atoms with Crippen LogP contribution in [0.3, 0.4) is 0 Å². The molecule has 0 aliphatic heterocycles. The van der Waals surface area contributed by atoms with Crippen molar-refractivity contribution in [1.29, 1.82) is 0 Å². The number of ether oxygens (including phenoxy) is 1. The highest BCUT2D eigenvalue weighted by Gasteiger charge is 2.12. The normalized spacial score (nSPS) is 10.8. The van der Waals surface area contributed by atoms with E-state index in [0.29, 0.717) is 24.7 Å². The van der Waals surface area contributed by atoms with Gasteiger partial charge in [0.05, 0.1) is 18.1 Å². The highest BCUT2D eigenvalue weighted by Crippen LogP contribution is 2.26. The lowest BCUT2D eigenvalue weighted by Crippen LogP contribution is -2.05. The summed E-state index contributed by atoms with van der Waals surface area (Å²) in [6, 6.07) is 15.7. The average Bonchev–Trinajstić information content (AvgIpc) is 3.05. The van der Waals surface area contributed by atoms with Gasteiger partial charge in [0, 0.05) is 17.7 Å². The minimum absolute atomic E-state index is 0.0969. The molecule has 0 aliphatic rings. The molecule has 0 amide bonds. The third-order valence-electron chi connectivity index (χ3n) is 4.39. The number of carboxylic acid groups (broad SMARTS) is 1. The molecule has 0 fully saturated rings. The molecule has 1 aromatic heterocycles. The number of aryl methyl sites for hydroxylation is 1. The maximum atomic E-state index is 10.7. The van der Waals surface area contributed by atoms with Crippen molar-refractivity contribution in [2.24, 2.45) is 0 Å². The zero-order valence-electron chi connectivity index (χ0n) is 16.0. The minimum Gasteiger partial charge on any atom is -0.493 e. The van der Waals surface area contributed by atoms with Crippen molar-refractivity contribution in [2.75, 3.05) is 12.4 Å². The average molecular weight is 397 g/mol. The van der Waals surface area contributed by atoms with Crippen LogP contribution in [-0.4, -0.2) is 28.4 Å². The zero-order chi connectivity index (χ0) is 19.9. The number of nitrogens with zero attached hydrogens (tertiary/aromatic N) is 1. The number of carbonyl (C=O) groups is 1. The van der Waals surface area contributed by atoms with Crippen molar-refractivity contribution in [3.63, 3.8) is 0 Å². The second-order valence-electron chi connectivity index (χ2n) is 6.41. The van der Waals surface area contributed by atoms with Crippen molar-refractivity contribution in [3.8, 4) is 17.2 Å². The van der Waals surface area contributed by atoms with Crippen LogP contribution in [0.15, 0.2) is 52.9 Å². The highest BCUT2D eigenvalue weighted by molar-refractivity contribution is 7.99. The maximum absolute atomic E-state index is 10.7. The lowest BCUT2D eigenvalue weighted by atomic mass is 10.1. The summed E-state index contributed by atoms with van der Waals surface area (Å²) in [6.45, 7) is 4.41. The Labute approximate surface area is 168 Å². The maximum Gasteiger partial charge on any atom is 0.313 e. The molecule has 28 heavy (non-hydrogen) atoms. The number of carboxylic acids is 1. The van der Waals surface area contributed by atoms with Crippen LogP contribution in [-0.2, 0) is 17.0 Å². The number of benzene rings is 2. The predicted molar refractivity (Wildman–Crippen MR) is 111 cm³/mol. The molecule has 6 heteroatoms. The molecule has 0 bridgehead atoms. The molecule has 1 heterocycles. The predicted octanol–water partition coefficient (Wildman–Crippen LogP) is 4.90. The smallest absolute Gasteiger partial charge is 0.313 e. The summed E-state index contributed by atoms with van der Waals surface area (Å²) in [5.74, 6) is 2.20. The fraction of sp³-hybridized carbons (Fsp3) is 0.273. The van der Waals surface area contributed by atoms with E-state index in [-0.39, 0.29) is 5.75 Å². The third kappa shape index (κ3) is 5.16. The summed E-state index contributed by atoms with van der Waals surface area (Å²) < 4.78 is 11.8. The number of rotatable bonds is 9. The van der Waals surface area contributed by atoms with Crippen LogP contribution in [0.25, 0.3) is 11.5 Å². The monoisotopic (exact) mass is 397 g/mol. The Morgan fingerprint density at radius 2 is 1.93 bits per heavy atom. The van der Waals surface area contributed by atoms with Gasteiger partial charge < -0.3 is 14.3 Å². The molecule has 3 aromatic rings. The lowest BCUT2D eigenvalue weighted by molar-refractivity contribution is -0.133. The van der Waals surface area contributed by atoms with E-state index in [1.54, 1.807) is 0 Å². The van der Waals surface area contributed by atoms with E-state index in [1.807, 2.05) is 62.4 Å². The summed E-state index contributed by atoms with van der Waals surface area (Å²) in [5, 5.41) is 8.78. The largest absolute Gasteiger partial charge is 0.493 e. The first-order chi connectivity index (χ1) is 13.5. The molecule has 2 aromatic carbocycles. The SMILES string of the molecule is Cc1oc(-c2ccccc2)nc1CCOc1cccc(CSCC(=O)O)c1C. The first kappa shape index (κ1) is 20.0. The van der Waals surface area contributed by atoms with E-state index in [4.69, 9.17) is 14.3 Å². The van der Waals surface area contributed by atoms with Crippen LogP contribution in [0, 0.1) is 13.8 Å². The fourth-order valence-corrected chi connectivity index (χ4v) is 3.65. The molecule has 146 valence electrons. The van der Waals surface area contributed by atoms with Crippen LogP contribution < -0.4 is 4.74 Å². The van der Waals surface area contributed by atoms with Gasteiger partial charge in [0.2, 0.25) is 5.89 Å². The Morgan fingerprint density at radius 3 is 2.68 bits per heavy atom. The number of aromatic nitrogens is 1. The van der Waals surface area contributed by atoms with Crippen molar-refractivity contribution in [3.05, 3.63) is 71.1 Å². The van der Waals surface area contributed by atoms with E-state index >= 15 is 0 Å². The molecule has 0 radical (unpaired) electrons. The summed E-state index contributed by atoms with van der Waals surface area (Å²) in [7, 11) is 0. The quantitative estimate of drug-likeness (QED) is 0.554. The second-order valence-corrected chi connectivity index (χ2v) is 7.40. The fourth-order valence-electron chi connectivity index (χ4n) is 2.84. The number of aliphatic carboxylic acids is 1. The Hall–Kier alpha value is -2.73. The van der Waals surface area contributed by atoms with Gasteiger partial charge in [-0.05, 0) is 43.2 Å². The molecule has 0 atom stereocenters. The summed E-state index contributed by atoms with van der Waals surface area (Å²) in [4.78, 5) is 15.3. The standard InChI is InChI=1S/C22H23NO4S/c1-15-18(13-28-14-21(24)25)9-6-10-20(15)26-12-11-19-16(2)27-22(23-19)17-7-4-3-5-8-17/h3-10H,11-14H2,1-2H3,(H,24,25). The van der Waals surface area contributed by atoms with Crippen molar-refractivity contribution in [1.82, 2.24) is 4.98 Å². The summed E-state index contributed by atoms with van der Waals surface area (Å²) >= 11 is 1.38. The van der Waals surface area contributed by atoms with Crippen LogP contribution in [0.5, 0.6) is 5.75 Å². The molecular formula is C22H23NO4S. The number of thioether (sulfide) groups is 1. The van der Waals surface area contributed by atoms with Gasteiger partial charge in [0.15, 0.2) is 0 Å². The van der Waals surface area contributed by atoms with E-state index in [2.05, 4.69) is 4.98 Å². The Kier molecular flexibility index (Phi) is 6.76. The molecule has 5 nitrogen and oxygen atoms in total.